The number of nitrogens with zero attached hydrogens (tertiary/aromatic N) is 3. The molecule has 0 aliphatic carbocycles. The molecule has 0 amide bonds. The molecule has 2 rings (SSSR count). The molecule has 3 heteroatoms. The number of terminal acetylenes is 1. The molecule has 3 nitrogen and oxygen atoms in total. The lowest BCUT2D eigenvalue weighted by molar-refractivity contribution is 0.425. The van der Waals surface area contributed by atoms with Crippen LogP contribution in [0.1, 0.15) is 5.56 Å². The zero-order valence-electron chi connectivity index (χ0n) is 10.8. The molecular formula is C15H17N3. The fraction of sp³-hybridized carbons (Fsp3) is 0.267. The van der Waals surface area contributed by atoms with Gasteiger partial charge in [-0.3, -0.25) is 9.58 Å². The highest BCUT2D eigenvalue weighted by molar-refractivity contribution is 5.83. The van der Waals surface area contributed by atoms with Crippen LogP contribution in [-0.4, -0.2) is 34.8 Å². The fourth-order valence-electron chi connectivity index (χ4n) is 2.01. The Morgan fingerprint density at radius 2 is 2.33 bits per heavy atom. The molecule has 2 aromatic rings. The lowest BCUT2D eigenvalue weighted by Gasteiger charge is -2.15. The number of likely N-dealkylation sites (N-methyl/N-ethyl adjacent to an activating group) is 1. The second-order valence-electron chi connectivity index (χ2n) is 4.52. The Hall–Kier alpha value is -2.05. The largest absolute Gasteiger partial charge is 0.291 e. The maximum atomic E-state index is 5.29. The molecule has 0 atom stereocenters. The molecule has 0 fully saturated rings. The summed E-state index contributed by atoms with van der Waals surface area (Å²) in [6, 6.07) is 6.27. The van der Waals surface area contributed by atoms with E-state index in [4.69, 9.17) is 6.42 Å². The molecule has 0 N–H and O–H groups in total. The highest BCUT2D eigenvalue weighted by atomic mass is 15.2. The third-order valence-electron chi connectivity index (χ3n) is 2.98. The summed E-state index contributed by atoms with van der Waals surface area (Å²) < 4.78 is 1.87. The summed E-state index contributed by atoms with van der Waals surface area (Å²) in [6.45, 7) is 5.53. The topological polar surface area (TPSA) is 21.1 Å². The molecule has 1 aromatic carbocycles. The number of aromatic nitrogens is 2. The van der Waals surface area contributed by atoms with Gasteiger partial charge in [0.05, 0.1) is 18.3 Å². The van der Waals surface area contributed by atoms with Crippen LogP contribution >= 0.6 is 0 Å². The minimum Gasteiger partial charge on any atom is -0.291 e. The van der Waals surface area contributed by atoms with Crippen molar-refractivity contribution < 1.29 is 0 Å². The number of benzene rings is 1. The number of fused-ring (bicyclic) bond motifs is 1. The number of hydrogen-bond donors (Lipinski definition) is 0. The van der Waals surface area contributed by atoms with Crippen LogP contribution in [0.15, 0.2) is 31.0 Å². The second kappa shape index (κ2) is 5.07. The van der Waals surface area contributed by atoms with Crippen molar-refractivity contribution >= 4 is 16.5 Å². The molecule has 0 unspecified atom stereocenters. The van der Waals surface area contributed by atoms with Crippen LogP contribution in [0.25, 0.3) is 16.5 Å². The van der Waals surface area contributed by atoms with Gasteiger partial charge in [0.2, 0.25) is 0 Å². The smallest absolute Gasteiger partial charge is 0.0679 e. The van der Waals surface area contributed by atoms with E-state index in [1.165, 1.54) is 0 Å². The summed E-state index contributed by atoms with van der Waals surface area (Å²) >= 11 is 0. The first-order chi connectivity index (χ1) is 8.61. The standard InChI is InChI=1S/C15H17N3/c1-5-8-17(3)11-12(2)13-6-7-15-14(9-13)10-16-18(15)4/h1,6-7,9-10H,2,8,11H2,3-4H3. The minimum absolute atomic E-state index is 0.633. The van der Waals surface area contributed by atoms with E-state index in [1.54, 1.807) is 0 Å². The van der Waals surface area contributed by atoms with Gasteiger partial charge in [-0.25, -0.2) is 0 Å². The average molecular weight is 239 g/mol. The summed E-state index contributed by atoms with van der Waals surface area (Å²) in [5.74, 6) is 2.63. The summed E-state index contributed by atoms with van der Waals surface area (Å²) in [7, 11) is 3.94. The Morgan fingerprint density at radius 1 is 1.56 bits per heavy atom. The van der Waals surface area contributed by atoms with E-state index < -0.39 is 0 Å². The minimum atomic E-state index is 0.633. The fourth-order valence-corrected chi connectivity index (χ4v) is 2.01. The second-order valence-corrected chi connectivity index (χ2v) is 4.52. The summed E-state index contributed by atoms with van der Waals surface area (Å²) in [5, 5.41) is 5.37. The molecule has 0 saturated carbocycles. The van der Waals surface area contributed by atoms with Gasteiger partial charge in [-0.05, 0) is 30.3 Å². The maximum Gasteiger partial charge on any atom is 0.0679 e. The third kappa shape index (κ3) is 2.44. The Balaban J connectivity index is 2.21. The van der Waals surface area contributed by atoms with Crippen LogP contribution < -0.4 is 0 Å². The van der Waals surface area contributed by atoms with Crippen molar-refractivity contribution in [2.75, 3.05) is 20.1 Å². The number of rotatable bonds is 4. The van der Waals surface area contributed by atoms with E-state index in [9.17, 15) is 0 Å². The lowest BCUT2D eigenvalue weighted by Crippen LogP contribution is -2.20. The van der Waals surface area contributed by atoms with Gasteiger partial charge >= 0.3 is 0 Å². The van der Waals surface area contributed by atoms with E-state index in [0.29, 0.717) is 6.54 Å². The van der Waals surface area contributed by atoms with Crippen LogP contribution in [0.5, 0.6) is 0 Å². The van der Waals surface area contributed by atoms with Gasteiger partial charge in [0.1, 0.15) is 0 Å². The predicted molar refractivity (Wildman–Crippen MR) is 76.1 cm³/mol. The SMILES string of the molecule is C#CCN(C)CC(=C)c1ccc2c(cnn2C)c1. The molecule has 1 heterocycles. The molecule has 0 spiro atoms. The van der Waals surface area contributed by atoms with Crippen molar-refractivity contribution in [3.8, 4) is 12.3 Å². The summed E-state index contributed by atoms with van der Waals surface area (Å²) in [5.41, 5.74) is 3.33. The maximum absolute atomic E-state index is 5.29. The van der Waals surface area contributed by atoms with E-state index in [0.717, 1.165) is 28.6 Å². The van der Waals surface area contributed by atoms with Crippen molar-refractivity contribution in [3.05, 3.63) is 36.5 Å². The van der Waals surface area contributed by atoms with Crippen LogP contribution in [0.3, 0.4) is 0 Å². The summed E-state index contributed by atoms with van der Waals surface area (Å²) in [4.78, 5) is 2.07. The Morgan fingerprint density at radius 3 is 3.06 bits per heavy atom. The molecule has 1 aromatic heterocycles. The van der Waals surface area contributed by atoms with Crippen LogP contribution in [0.4, 0.5) is 0 Å². The van der Waals surface area contributed by atoms with Crippen molar-refractivity contribution in [1.82, 2.24) is 14.7 Å². The predicted octanol–water partition coefficient (Wildman–Crippen LogP) is 2.15. The van der Waals surface area contributed by atoms with E-state index in [-0.39, 0.29) is 0 Å². The first-order valence-corrected chi connectivity index (χ1v) is 5.83. The van der Waals surface area contributed by atoms with Crippen molar-refractivity contribution in [3.63, 3.8) is 0 Å². The van der Waals surface area contributed by atoms with Gasteiger partial charge in [0.25, 0.3) is 0 Å². The highest BCUT2D eigenvalue weighted by Crippen LogP contribution is 2.20. The average Bonchev–Trinajstić information content (AvgIpc) is 2.71. The zero-order valence-corrected chi connectivity index (χ0v) is 10.8. The van der Waals surface area contributed by atoms with Crippen molar-refractivity contribution in [2.45, 2.75) is 0 Å². The van der Waals surface area contributed by atoms with Crippen LogP contribution in [0, 0.1) is 12.3 Å². The van der Waals surface area contributed by atoms with Gasteiger partial charge in [-0.2, -0.15) is 5.10 Å². The normalized spacial score (nSPS) is 10.8. The van der Waals surface area contributed by atoms with Gasteiger partial charge in [-0.15, -0.1) is 6.42 Å². The lowest BCUT2D eigenvalue weighted by atomic mass is 10.1. The van der Waals surface area contributed by atoms with Crippen molar-refractivity contribution in [2.24, 2.45) is 7.05 Å². The number of aryl methyl sites for hydroxylation is 1. The van der Waals surface area contributed by atoms with E-state index >= 15 is 0 Å². The first-order valence-electron chi connectivity index (χ1n) is 5.83. The third-order valence-corrected chi connectivity index (χ3v) is 2.98. The van der Waals surface area contributed by atoms with Crippen LogP contribution in [0.2, 0.25) is 0 Å². The molecule has 92 valence electrons. The van der Waals surface area contributed by atoms with Gasteiger partial charge < -0.3 is 0 Å². The molecule has 0 saturated heterocycles. The monoisotopic (exact) mass is 239 g/mol. The van der Waals surface area contributed by atoms with Gasteiger partial charge in [0.15, 0.2) is 0 Å². The Bertz CT molecular complexity index is 616. The summed E-state index contributed by atoms with van der Waals surface area (Å²) in [6.07, 6.45) is 7.16. The molecule has 0 radical (unpaired) electrons. The van der Waals surface area contributed by atoms with Gasteiger partial charge in [-0.1, -0.05) is 18.6 Å². The molecule has 0 aliphatic rings. The molecule has 18 heavy (non-hydrogen) atoms. The van der Waals surface area contributed by atoms with E-state index in [1.807, 2.05) is 25.0 Å². The Kier molecular flexibility index (Phi) is 3.50. The molecule has 0 bridgehead atoms. The first kappa shape index (κ1) is 12.4. The molecule has 0 aliphatic heterocycles. The van der Waals surface area contributed by atoms with E-state index in [2.05, 4.69) is 40.7 Å². The Labute approximate surface area is 108 Å². The molecular weight excluding hydrogens is 222 g/mol. The van der Waals surface area contributed by atoms with Gasteiger partial charge in [0, 0.05) is 19.0 Å². The quantitative estimate of drug-likeness (QED) is 0.762. The van der Waals surface area contributed by atoms with Crippen molar-refractivity contribution in [1.29, 1.82) is 0 Å². The number of hydrogen-bond acceptors (Lipinski definition) is 2. The zero-order chi connectivity index (χ0) is 13.1. The van der Waals surface area contributed by atoms with Crippen LogP contribution in [-0.2, 0) is 7.05 Å². The highest BCUT2D eigenvalue weighted by Gasteiger charge is 2.05.